The van der Waals surface area contributed by atoms with E-state index in [-0.39, 0.29) is 12.1 Å². The van der Waals surface area contributed by atoms with Crippen molar-refractivity contribution in [3.05, 3.63) is 36.5 Å². The third-order valence-corrected chi connectivity index (χ3v) is 4.42. The Kier molecular flexibility index (Phi) is 5.11. The predicted octanol–water partition coefficient (Wildman–Crippen LogP) is 4.48. The number of nitrogens with zero attached hydrogens (tertiary/aromatic N) is 1. The minimum absolute atomic E-state index is 0.203. The summed E-state index contributed by atoms with van der Waals surface area (Å²) in [7, 11) is 0. The smallest absolute Gasteiger partial charge is 0.407 e. The average molecular weight is 341 g/mol. The van der Waals surface area contributed by atoms with Gasteiger partial charge >= 0.3 is 6.09 Å². The number of pyridine rings is 1. The van der Waals surface area contributed by atoms with E-state index in [0.717, 1.165) is 42.3 Å². The van der Waals surface area contributed by atoms with Gasteiger partial charge in [-0.25, -0.2) is 4.79 Å². The fourth-order valence-electron chi connectivity index (χ4n) is 3.26. The molecule has 3 rings (SSSR count). The predicted molar refractivity (Wildman–Crippen MR) is 101 cm³/mol. The van der Waals surface area contributed by atoms with Crippen LogP contribution in [0.4, 0.5) is 10.5 Å². The number of hydrogen-bond donors (Lipinski definition) is 2. The van der Waals surface area contributed by atoms with Crippen LogP contribution in [0.15, 0.2) is 36.5 Å². The molecule has 2 N–H and O–H groups in total. The van der Waals surface area contributed by atoms with Gasteiger partial charge in [-0.15, -0.1) is 0 Å². The Morgan fingerprint density at radius 3 is 2.56 bits per heavy atom. The van der Waals surface area contributed by atoms with E-state index in [1.54, 1.807) is 0 Å². The zero-order chi connectivity index (χ0) is 17.9. The number of rotatable bonds is 3. The molecule has 1 saturated carbocycles. The molecule has 0 aliphatic heterocycles. The first kappa shape index (κ1) is 17.5. The van der Waals surface area contributed by atoms with Crippen molar-refractivity contribution in [3.8, 4) is 0 Å². The first-order valence-corrected chi connectivity index (χ1v) is 9.00. The Labute approximate surface area is 149 Å². The van der Waals surface area contributed by atoms with Gasteiger partial charge in [-0.05, 0) is 70.7 Å². The molecule has 0 unspecified atom stereocenters. The summed E-state index contributed by atoms with van der Waals surface area (Å²) in [6, 6.07) is 11.0. The summed E-state index contributed by atoms with van der Waals surface area (Å²) in [5.74, 6) is 0. The second-order valence-corrected chi connectivity index (χ2v) is 7.75. The van der Waals surface area contributed by atoms with Gasteiger partial charge < -0.3 is 15.4 Å². The molecule has 1 amide bonds. The standard InChI is InChI=1S/C20H27N3O2/c1-20(2,3)25-19(24)23-16-8-6-15(7-9-16)22-17-10-11-18-14(13-17)5-4-12-21-18/h4-5,10-13,15-16,22H,6-9H2,1-3H3,(H,23,24). The zero-order valence-electron chi connectivity index (χ0n) is 15.2. The minimum Gasteiger partial charge on any atom is -0.444 e. The van der Waals surface area contributed by atoms with Crippen molar-refractivity contribution in [2.75, 3.05) is 5.32 Å². The molecule has 1 heterocycles. The van der Waals surface area contributed by atoms with Crippen LogP contribution in [-0.4, -0.2) is 28.8 Å². The number of anilines is 1. The molecular weight excluding hydrogens is 314 g/mol. The summed E-state index contributed by atoms with van der Waals surface area (Å²) >= 11 is 0. The van der Waals surface area contributed by atoms with E-state index in [9.17, 15) is 4.79 Å². The molecule has 0 saturated heterocycles. The van der Waals surface area contributed by atoms with Gasteiger partial charge in [0.15, 0.2) is 0 Å². The van der Waals surface area contributed by atoms with Crippen LogP contribution in [0.3, 0.4) is 0 Å². The molecule has 1 aromatic heterocycles. The summed E-state index contributed by atoms with van der Waals surface area (Å²) in [4.78, 5) is 16.2. The van der Waals surface area contributed by atoms with E-state index < -0.39 is 5.60 Å². The lowest BCUT2D eigenvalue weighted by Crippen LogP contribution is -2.42. The number of hydrogen-bond acceptors (Lipinski definition) is 4. The van der Waals surface area contributed by atoms with Crippen LogP contribution in [0.5, 0.6) is 0 Å². The SMILES string of the molecule is CC(C)(C)OC(=O)NC1CCC(Nc2ccc3ncccc3c2)CC1. The third kappa shape index (κ3) is 5.08. The molecule has 2 aromatic rings. The molecule has 5 nitrogen and oxygen atoms in total. The number of ether oxygens (including phenoxy) is 1. The molecule has 1 aliphatic carbocycles. The molecule has 0 bridgehead atoms. The number of carbonyl (C=O) groups excluding carboxylic acids is 1. The van der Waals surface area contributed by atoms with Gasteiger partial charge in [0, 0.05) is 29.4 Å². The first-order chi connectivity index (χ1) is 11.9. The lowest BCUT2D eigenvalue weighted by Gasteiger charge is -2.31. The van der Waals surface area contributed by atoms with E-state index in [1.807, 2.05) is 39.1 Å². The van der Waals surface area contributed by atoms with Crippen molar-refractivity contribution in [2.45, 2.75) is 64.1 Å². The molecule has 0 radical (unpaired) electrons. The van der Waals surface area contributed by atoms with Crippen molar-refractivity contribution in [3.63, 3.8) is 0 Å². The van der Waals surface area contributed by atoms with E-state index in [1.165, 1.54) is 0 Å². The summed E-state index contributed by atoms with van der Waals surface area (Å²) in [6.07, 6.45) is 5.50. The van der Waals surface area contributed by atoms with Gasteiger partial charge in [0.25, 0.3) is 0 Å². The van der Waals surface area contributed by atoms with Crippen LogP contribution in [0, 0.1) is 0 Å². The summed E-state index contributed by atoms with van der Waals surface area (Å²) in [6.45, 7) is 5.64. The van der Waals surface area contributed by atoms with Crippen molar-refractivity contribution in [2.24, 2.45) is 0 Å². The molecular formula is C20H27N3O2. The van der Waals surface area contributed by atoms with Crippen molar-refractivity contribution in [1.29, 1.82) is 0 Å². The number of amides is 1. The number of alkyl carbamates (subject to hydrolysis) is 1. The van der Waals surface area contributed by atoms with Crippen LogP contribution < -0.4 is 10.6 Å². The number of carbonyl (C=O) groups is 1. The molecule has 0 atom stereocenters. The topological polar surface area (TPSA) is 63.2 Å². The van der Waals surface area contributed by atoms with Crippen LogP contribution in [0.25, 0.3) is 10.9 Å². The zero-order valence-corrected chi connectivity index (χ0v) is 15.2. The highest BCUT2D eigenvalue weighted by atomic mass is 16.6. The molecule has 1 fully saturated rings. The Morgan fingerprint density at radius 2 is 1.84 bits per heavy atom. The van der Waals surface area contributed by atoms with Gasteiger partial charge in [-0.2, -0.15) is 0 Å². The second-order valence-electron chi connectivity index (χ2n) is 7.75. The van der Waals surface area contributed by atoms with Crippen LogP contribution in [-0.2, 0) is 4.74 Å². The van der Waals surface area contributed by atoms with Gasteiger partial charge in [-0.1, -0.05) is 6.07 Å². The molecule has 1 aliphatic rings. The maximum atomic E-state index is 11.9. The average Bonchev–Trinajstić information content (AvgIpc) is 2.55. The van der Waals surface area contributed by atoms with E-state index in [2.05, 4.69) is 33.8 Å². The van der Waals surface area contributed by atoms with Crippen LogP contribution in [0.1, 0.15) is 46.5 Å². The fourth-order valence-corrected chi connectivity index (χ4v) is 3.26. The number of aromatic nitrogens is 1. The van der Waals surface area contributed by atoms with Crippen LogP contribution in [0.2, 0.25) is 0 Å². The maximum absolute atomic E-state index is 11.9. The Bertz CT molecular complexity index is 731. The molecule has 134 valence electrons. The lowest BCUT2D eigenvalue weighted by atomic mass is 9.91. The third-order valence-electron chi connectivity index (χ3n) is 4.42. The lowest BCUT2D eigenvalue weighted by molar-refractivity contribution is 0.0492. The monoisotopic (exact) mass is 341 g/mol. The quantitative estimate of drug-likeness (QED) is 0.864. The first-order valence-electron chi connectivity index (χ1n) is 9.00. The van der Waals surface area contributed by atoms with Gasteiger partial charge in [0.05, 0.1) is 5.52 Å². The van der Waals surface area contributed by atoms with Gasteiger partial charge in [0.1, 0.15) is 5.60 Å². The van der Waals surface area contributed by atoms with E-state index in [0.29, 0.717) is 6.04 Å². The minimum atomic E-state index is -0.451. The van der Waals surface area contributed by atoms with Crippen molar-refractivity contribution < 1.29 is 9.53 Å². The highest BCUT2D eigenvalue weighted by Gasteiger charge is 2.24. The number of benzene rings is 1. The summed E-state index contributed by atoms with van der Waals surface area (Å²) in [5, 5.41) is 7.75. The molecule has 0 spiro atoms. The Morgan fingerprint density at radius 1 is 1.12 bits per heavy atom. The van der Waals surface area contributed by atoms with Gasteiger partial charge in [0.2, 0.25) is 0 Å². The van der Waals surface area contributed by atoms with Crippen molar-refractivity contribution >= 4 is 22.7 Å². The highest BCUT2D eigenvalue weighted by molar-refractivity contribution is 5.82. The summed E-state index contributed by atoms with van der Waals surface area (Å²) < 4.78 is 5.33. The Balaban J connectivity index is 1.49. The van der Waals surface area contributed by atoms with E-state index >= 15 is 0 Å². The normalized spacial score (nSPS) is 20.9. The maximum Gasteiger partial charge on any atom is 0.407 e. The fraction of sp³-hybridized carbons (Fsp3) is 0.500. The molecule has 25 heavy (non-hydrogen) atoms. The van der Waals surface area contributed by atoms with Crippen molar-refractivity contribution in [1.82, 2.24) is 10.3 Å². The van der Waals surface area contributed by atoms with Gasteiger partial charge in [-0.3, -0.25) is 4.98 Å². The molecule has 5 heteroatoms. The number of nitrogens with one attached hydrogen (secondary N) is 2. The second kappa shape index (κ2) is 7.30. The molecule has 1 aromatic carbocycles. The van der Waals surface area contributed by atoms with E-state index in [4.69, 9.17) is 4.74 Å². The summed E-state index contributed by atoms with van der Waals surface area (Å²) in [5.41, 5.74) is 1.69. The highest BCUT2D eigenvalue weighted by Crippen LogP contribution is 2.24. The van der Waals surface area contributed by atoms with Crippen LogP contribution >= 0.6 is 0 Å². The largest absolute Gasteiger partial charge is 0.444 e. The Hall–Kier alpha value is -2.30. The number of fused-ring (bicyclic) bond motifs is 1.